The molecule has 0 atom stereocenters. The van der Waals surface area contributed by atoms with E-state index in [-0.39, 0.29) is 24.1 Å². The highest BCUT2D eigenvalue weighted by molar-refractivity contribution is 9.10. The molecular weight excluding hydrogens is 276 g/mol. The lowest BCUT2D eigenvalue weighted by Crippen LogP contribution is -2.47. The topological polar surface area (TPSA) is 62.6 Å². The summed E-state index contributed by atoms with van der Waals surface area (Å²) < 4.78 is 5.55. The summed E-state index contributed by atoms with van der Waals surface area (Å²) in [6.45, 7) is 1.61. The van der Waals surface area contributed by atoms with Gasteiger partial charge >= 0.3 is 0 Å². The van der Waals surface area contributed by atoms with Crippen LogP contribution in [-0.4, -0.2) is 36.3 Å². The van der Waals surface area contributed by atoms with Gasteiger partial charge in [0.15, 0.2) is 10.4 Å². The Morgan fingerprint density at radius 2 is 2.19 bits per heavy atom. The van der Waals surface area contributed by atoms with Crippen LogP contribution in [0.5, 0.6) is 0 Å². The summed E-state index contributed by atoms with van der Waals surface area (Å²) in [6, 6.07) is 3.18. The molecule has 5 nitrogen and oxygen atoms in total. The Morgan fingerprint density at radius 1 is 1.44 bits per heavy atom. The maximum Gasteiger partial charge on any atom is 0.287 e. The number of nitrogens with zero attached hydrogens (tertiary/aromatic N) is 1. The normalized spacial score (nSPS) is 14.4. The third kappa shape index (κ3) is 2.44. The highest BCUT2D eigenvalue weighted by Crippen LogP contribution is 2.13. The smallest absolute Gasteiger partial charge is 0.287 e. The number of hydrogen-bond donors (Lipinski definition) is 1. The number of hydrogen-bond acceptors (Lipinski definition) is 3. The molecule has 0 aromatic carbocycles. The first-order valence-corrected chi connectivity index (χ1v) is 5.77. The lowest BCUT2D eigenvalue weighted by atomic mass is 10.2. The van der Waals surface area contributed by atoms with Crippen LogP contribution in [0.4, 0.5) is 0 Å². The van der Waals surface area contributed by atoms with Crippen LogP contribution in [0.25, 0.3) is 0 Å². The van der Waals surface area contributed by atoms with Crippen LogP contribution in [0.3, 0.4) is 0 Å². The van der Waals surface area contributed by atoms with Crippen molar-refractivity contribution in [2.45, 2.75) is 6.42 Å². The molecule has 2 amide bonds. The predicted octanol–water partition coefficient (Wildman–Crippen LogP) is 1.00. The van der Waals surface area contributed by atoms with Crippen LogP contribution >= 0.6 is 15.9 Å². The van der Waals surface area contributed by atoms with Crippen molar-refractivity contribution in [2.75, 3.05) is 19.6 Å². The van der Waals surface area contributed by atoms with Crippen LogP contribution in [-0.2, 0) is 4.79 Å². The maximum absolute atomic E-state index is 11.5. The SMILES string of the molecule is O=C(NCC(=O)N1CCC1)c1ccc(Br)o1. The number of nitrogens with one attached hydrogen (secondary N) is 1. The van der Waals surface area contributed by atoms with Gasteiger partial charge in [-0.25, -0.2) is 0 Å². The van der Waals surface area contributed by atoms with E-state index in [1.54, 1.807) is 17.0 Å². The van der Waals surface area contributed by atoms with Crippen molar-refractivity contribution >= 4 is 27.7 Å². The maximum atomic E-state index is 11.5. The van der Waals surface area contributed by atoms with Crippen molar-refractivity contribution in [3.8, 4) is 0 Å². The first-order valence-electron chi connectivity index (χ1n) is 4.98. The molecule has 2 rings (SSSR count). The molecule has 16 heavy (non-hydrogen) atoms. The zero-order valence-electron chi connectivity index (χ0n) is 8.53. The molecule has 0 aliphatic carbocycles. The standard InChI is InChI=1S/C10H11BrN2O3/c11-8-3-2-7(16-8)10(15)12-6-9(14)13-4-1-5-13/h2-3H,1,4-6H2,(H,12,15). The first-order chi connectivity index (χ1) is 7.66. The number of halogens is 1. The second kappa shape index (κ2) is 4.69. The second-order valence-corrected chi connectivity index (χ2v) is 4.30. The van der Waals surface area contributed by atoms with Gasteiger partial charge in [0.25, 0.3) is 5.91 Å². The van der Waals surface area contributed by atoms with E-state index in [2.05, 4.69) is 21.2 Å². The lowest BCUT2D eigenvalue weighted by molar-refractivity contribution is -0.133. The number of furan rings is 1. The fourth-order valence-electron chi connectivity index (χ4n) is 1.36. The predicted molar refractivity (Wildman–Crippen MR) is 59.9 cm³/mol. The zero-order valence-corrected chi connectivity index (χ0v) is 10.1. The molecule has 2 heterocycles. The summed E-state index contributed by atoms with van der Waals surface area (Å²) in [5.41, 5.74) is 0. The van der Waals surface area contributed by atoms with Crippen LogP contribution in [0, 0.1) is 0 Å². The number of rotatable bonds is 3. The van der Waals surface area contributed by atoms with Gasteiger partial charge in [-0.05, 0) is 34.5 Å². The number of amides is 2. The highest BCUT2D eigenvalue weighted by Gasteiger charge is 2.20. The third-order valence-electron chi connectivity index (χ3n) is 2.41. The lowest BCUT2D eigenvalue weighted by Gasteiger charge is -2.30. The zero-order chi connectivity index (χ0) is 11.5. The molecule has 1 aromatic heterocycles. The van der Waals surface area contributed by atoms with Crippen molar-refractivity contribution in [2.24, 2.45) is 0 Å². The number of carbonyl (C=O) groups excluding carboxylic acids is 2. The van der Waals surface area contributed by atoms with Gasteiger partial charge in [-0.2, -0.15) is 0 Å². The van der Waals surface area contributed by atoms with Gasteiger partial charge in [0.2, 0.25) is 5.91 Å². The average Bonchev–Trinajstić information content (AvgIpc) is 2.58. The molecule has 0 bridgehead atoms. The quantitative estimate of drug-likeness (QED) is 0.902. The summed E-state index contributed by atoms with van der Waals surface area (Å²) in [7, 11) is 0. The van der Waals surface area contributed by atoms with Crippen molar-refractivity contribution < 1.29 is 14.0 Å². The van der Waals surface area contributed by atoms with E-state index in [1.807, 2.05) is 0 Å². The molecule has 0 saturated carbocycles. The van der Waals surface area contributed by atoms with Gasteiger partial charge in [-0.1, -0.05) is 0 Å². The second-order valence-electron chi connectivity index (χ2n) is 3.52. The van der Waals surface area contributed by atoms with Crippen molar-refractivity contribution in [1.29, 1.82) is 0 Å². The first kappa shape index (κ1) is 11.2. The molecule has 1 aliphatic rings. The van der Waals surface area contributed by atoms with E-state index in [4.69, 9.17) is 4.42 Å². The summed E-state index contributed by atoms with van der Waals surface area (Å²) in [6.07, 6.45) is 1.05. The highest BCUT2D eigenvalue weighted by atomic mass is 79.9. The van der Waals surface area contributed by atoms with Crippen LogP contribution in [0.2, 0.25) is 0 Å². The van der Waals surface area contributed by atoms with Gasteiger partial charge in [-0.15, -0.1) is 0 Å². The minimum absolute atomic E-state index is 0.0250. The molecule has 0 radical (unpaired) electrons. The molecule has 0 unspecified atom stereocenters. The summed E-state index contributed by atoms with van der Waals surface area (Å²) in [5.74, 6) is -0.229. The van der Waals surface area contributed by atoms with E-state index in [0.717, 1.165) is 19.5 Å². The van der Waals surface area contributed by atoms with Crippen molar-refractivity contribution in [1.82, 2.24) is 10.2 Å². The Labute approximate surface area is 101 Å². The van der Waals surface area contributed by atoms with Gasteiger partial charge in [0, 0.05) is 13.1 Å². The Morgan fingerprint density at radius 3 is 2.69 bits per heavy atom. The fourth-order valence-corrected chi connectivity index (χ4v) is 1.66. The molecule has 1 saturated heterocycles. The summed E-state index contributed by atoms with van der Waals surface area (Å²) in [4.78, 5) is 24.6. The molecule has 0 spiro atoms. The third-order valence-corrected chi connectivity index (χ3v) is 2.83. The van der Waals surface area contributed by atoms with Gasteiger partial charge < -0.3 is 14.6 Å². The Kier molecular flexibility index (Phi) is 3.28. The number of likely N-dealkylation sites (tertiary alicyclic amines) is 1. The molecule has 1 fully saturated rings. The monoisotopic (exact) mass is 286 g/mol. The van der Waals surface area contributed by atoms with Crippen LogP contribution in [0.1, 0.15) is 17.0 Å². The van der Waals surface area contributed by atoms with Gasteiger partial charge in [-0.3, -0.25) is 9.59 Å². The largest absolute Gasteiger partial charge is 0.444 e. The van der Waals surface area contributed by atoms with Crippen LogP contribution in [0.15, 0.2) is 21.2 Å². The molecular formula is C10H11BrN2O3. The Hall–Kier alpha value is -1.30. The summed E-state index contributed by atoms with van der Waals surface area (Å²) >= 11 is 3.10. The van der Waals surface area contributed by atoms with E-state index in [0.29, 0.717) is 4.67 Å². The average molecular weight is 287 g/mol. The Bertz CT molecular complexity index is 412. The van der Waals surface area contributed by atoms with Gasteiger partial charge in [0.05, 0.1) is 6.54 Å². The van der Waals surface area contributed by atoms with E-state index < -0.39 is 0 Å². The van der Waals surface area contributed by atoms with Gasteiger partial charge in [0.1, 0.15) is 0 Å². The minimum Gasteiger partial charge on any atom is -0.444 e. The van der Waals surface area contributed by atoms with Crippen LogP contribution < -0.4 is 5.32 Å². The molecule has 1 aromatic rings. The Balaban J connectivity index is 1.81. The summed E-state index contributed by atoms with van der Waals surface area (Å²) in [5, 5.41) is 2.52. The van der Waals surface area contributed by atoms with Crippen molar-refractivity contribution in [3.63, 3.8) is 0 Å². The minimum atomic E-state index is -0.375. The van der Waals surface area contributed by atoms with Crippen molar-refractivity contribution in [3.05, 3.63) is 22.6 Å². The molecule has 1 N–H and O–H groups in total. The number of carbonyl (C=O) groups is 2. The fraction of sp³-hybridized carbons (Fsp3) is 0.400. The molecule has 1 aliphatic heterocycles. The van der Waals surface area contributed by atoms with E-state index in [9.17, 15) is 9.59 Å². The molecule has 6 heteroatoms. The van der Waals surface area contributed by atoms with E-state index >= 15 is 0 Å². The molecule has 86 valence electrons. The van der Waals surface area contributed by atoms with E-state index in [1.165, 1.54) is 0 Å².